The number of nitrogens with one attached hydrogen (secondary N) is 1. The molecule has 1 saturated heterocycles. The fraction of sp³-hybridized carbons (Fsp3) is 0.417. The van der Waals surface area contributed by atoms with Crippen LogP contribution in [-0.4, -0.2) is 33.4 Å². The SMILES string of the molecule is CCn1c(CN2CCC[C@H](C(=O)N[C@H](C)c3ccccc3)C2)nc2ccccc21. The second kappa shape index (κ2) is 8.78. The van der Waals surface area contributed by atoms with Gasteiger partial charge in [0.15, 0.2) is 0 Å². The fourth-order valence-electron chi connectivity index (χ4n) is 4.37. The quantitative estimate of drug-likeness (QED) is 0.688. The summed E-state index contributed by atoms with van der Waals surface area (Å²) in [5.41, 5.74) is 3.38. The normalized spacial score (nSPS) is 18.6. The molecule has 1 aromatic heterocycles. The van der Waals surface area contributed by atoms with E-state index in [9.17, 15) is 4.79 Å². The second-order valence-corrected chi connectivity index (χ2v) is 7.98. The maximum atomic E-state index is 12.9. The van der Waals surface area contributed by atoms with Crippen LogP contribution in [0, 0.1) is 5.92 Å². The lowest BCUT2D eigenvalue weighted by Gasteiger charge is -2.32. The Balaban J connectivity index is 1.41. The first-order chi connectivity index (χ1) is 14.2. The zero-order valence-electron chi connectivity index (χ0n) is 17.3. The summed E-state index contributed by atoms with van der Waals surface area (Å²) >= 11 is 0. The highest BCUT2D eigenvalue weighted by Crippen LogP contribution is 2.22. The Hall–Kier alpha value is -2.66. The average molecular weight is 391 g/mol. The highest BCUT2D eigenvalue weighted by atomic mass is 16.2. The largest absolute Gasteiger partial charge is 0.349 e. The number of amides is 1. The number of piperidine rings is 1. The minimum Gasteiger partial charge on any atom is -0.349 e. The van der Waals surface area contributed by atoms with Crippen molar-refractivity contribution < 1.29 is 4.79 Å². The number of fused-ring (bicyclic) bond motifs is 1. The molecule has 0 unspecified atom stereocenters. The third kappa shape index (κ3) is 4.35. The summed E-state index contributed by atoms with van der Waals surface area (Å²) in [4.78, 5) is 20.1. The van der Waals surface area contributed by atoms with Gasteiger partial charge in [-0.1, -0.05) is 42.5 Å². The van der Waals surface area contributed by atoms with Crippen molar-refractivity contribution in [3.8, 4) is 0 Å². The van der Waals surface area contributed by atoms with Gasteiger partial charge in [0.2, 0.25) is 5.91 Å². The van der Waals surface area contributed by atoms with Gasteiger partial charge in [-0.05, 0) is 50.9 Å². The number of carbonyl (C=O) groups is 1. The van der Waals surface area contributed by atoms with Crippen LogP contribution in [0.4, 0.5) is 0 Å². The van der Waals surface area contributed by atoms with Gasteiger partial charge in [-0.25, -0.2) is 4.98 Å². The average Bonchev–Trinajstić information content (AvgIpc) is 3.11. The van der Waals surface area contributed by atoms with Crippen LogP contribution in [0.25, 0.3) is 11.0 Å². The van der Waals surface area contributed by atoms with Crippen LogP contribution in [-0.2, 0) is 17.9 Å². The van der Waals surface area contributed by atoms with Gasteiger partial charge >= 0.3 is 0 Å². The number of nitrogens with zero attached hydrogens (tertiary/aromatic N) is 3. The third-order valence-electron chi connectivity index (χ3n) is 5.95. The molecule has 152 valence electrons. The van der Waals surface area contributed by atoms with Gasteiger partial charge in [-0.2, -0.15) is 0 Å². The maximum absolute atomic E-state index is 12.9. The third-order valence-corrected chi connectivity index (χ3v) is 5.95. The molecule has 0 aliphatic carbocycles. The summed E-state index contributed by atoms with van der Waals surface area (Å²) in [7, 11) is 0. The predicted octanol–water partition coefficient (Wildman–Crippen LogP) is 4.15. The van der Waals surface area contributed by atoms with Crippen LogP contribution in [0.5, 0.6) is 0 Å². The lowest BCUT2D eigenvalue weighted by molar-refractivity contribution is -0.127. The zero-order chi connectivity index (χ0) is 20.2. The number of aromatic nitrogens is 2. The molecule has 1 fully saturated rings. The lowest BCUT2D eigenvalue weighted by Crippen LogP contribution is -2.43. The molecule has 4 rings (SSSR count). The van der Waals surface area contributed by atoms with E-state index in [1.165, 1.54) is 5.52 Å². The van der Waals surface area contributed by atoms with Gasteiger partial charge in [-0.3, -0.25) is 9.69 Å². The fourth-order valence-corrected chi connectivity index (χ4v) is 4.37. The van der Waals surface area contributed by atoms with E-state index in [-0.39, 0.29) is 17.9 Å². The Labute approximate surface area is 172 Å². The van der Waals surface area contributed by atoms with Crippen LogP contribution < -0.4 is 5.32 Å². The standard InChI is InChI=1S/C24H30N4O/c1-3-28-22-14-8-7-13-21(22)26-23(28)17-27-15-9-12-20(16-27)24(29)25-18(2)19-10-5-4-6-11-19/h4-8,10-11,13-14,18,20H,3,9,12,15-17H2,1-2H3,(H,25,29)/t18-,20+/m1/s1. The van der Waals surface area contributed by atoms with Crippen molar-refractivity contribution in [1.29, 1.82) is 0 Å². The molecule has 3 aromatic rings. The minimum atomic E-state index is 0.0309. The molecule has 1 N–H and O–H groups in total. The summed E-state index contributed by atoms with van der Waals surface area (Å²) in [6.07, 6.45) is 2.00. The van der Waals surface area contributed by atoms with Crippen molar-refractivity contribution >= 4 is 16.9 Å². The first-order valence-electron chi connectivity index (χ1n) is 10.7. The van der Waals surface area contributed by atoms with Crippen LogP contribution in [0.15, 0.2) is 54.6 Å². The second-order valence-electron chi connectivity index (χ2n) is 7.98. The molecule has 0 spiro atoms. The summed E-state index contributed by atoms with van der Waals surface area (Å²) in [5, 5.41) is 3.21. The van der Waals surface area contributed by atoms with Gasteiger partial charge in [0, 0.05) is 13.1 Å². The highest BCUT2D eigenvalue weighted by Gasteiger charge is 2.27. The number of carbonyl (C=O) groups excluding carboxylic acids is 1. The van der Waals surface area contributed by atoms with Crippen LogP contribution in [0.3, 0.4) is 0 Å². The summed E-state index contributed by atoms with van der Waals surface area (Å²) in [6, 6.07) is 18.5. The van der Waals surface area contributed by atoms with E-state index in [2.05, 4.69) is 59.0 Å². The number of rotatable bonds is 6. The van der Waals surface area contributed by atoms with Crippen molar-refractivity contribution in [3.05, 3.63) is 66.0 Å². The smallest absolute Gasteiger partial charge is 0.224 e. The van der Waals surface area contributed by atoms with Crippen LogP contribution in [0.1, 0.15) is 44.1 Å². The van der Waals surface area contributed by atoms with Crippen LogP contribution >= 0.6 is 0 Å². The maximum Gasteiger partial charge on any atom is 0.224 e. The molecule has 29 heavy (non-hydrogen) atoms. The van der Waals surface area contributed by atoms with E-state index in [1.54, 1.807) is 0 Å². The summed E-state index contributed by atoms with van der Waals surface area (Å²) in [5.74, 6) is 1.29. The Kier molecular flexibility index (Phi) is 5.95. The van der Waals surface area contributed by atoms with Crippen molar-refractivity contribution in [2.45, 2.75) is 45.8 Å². The molecule has 1 aliphatic heterocycles. The number of imidazole rings is 1. The zero-order valence-corrected chi connectivity index (χ0v) is 17.3. The number of benzene rings is 2. The van der Waals surface area contributed by atoms with Gasteiger partial charge in [-0.15, -0.1) is 0 Å². The molecule has 0 bridgehead atoms. The van der Waals surface area contributed by atoms with E-state index in [0.717, 1.165) is 55.9 Å². The van der Waals surface area contributed by atoms with E-state index in [1.807, 2.05) is 24.3 Å². The summed E-state index contributed by atoms with van der Waals surface area (Å²) in [6.45, 7) is 7.72. The number of likely N-dealkylation sites (tertiary alicyclic amines) is 1. The van der Waals surface area contributed by atoms with E-state index >= 15 is 0 Å². The van der Waals surface area contributed by atoms with E-state index in [0.29, 0.717) is 0 Å². The molecule has 5 heteroatoms. The summed E-state index contributed by atoms with van der Waals surface area (Å²) < 4.78 is 2.29. The Morgan fingerprint density at radius 3 is 2.72 bits per heavy atom. The van der Waals surface area contributed by atoms with Crippen molar-refractivity contribution in [2.75, 3.05) is 13.1 Å². The minimum absolute atomic E-state index is 0.0309. The Morgan fingerprint density at radius 1 is 1.17 bits per heavy atom. The predicted molar refractivity (Wildman–Crippen MR) is 116 cm³/mol. The molecule has 5 nitrogen and oxygen atoms in total. The number of hydrogen-bond acceptors (Lipinski definition) is 3. The molecule has 0 saturated carbocycles. The van der Waals surface area contributed by atoms with Crippen molar-refractivity contribution in [1.82, 2.24) is 19.8 Å². The topological polar surface area (TPSA) is 50.2 Å². The van der Waals surface area contributed by atoms with E-state index < -0.39 is 0 Å². The van der Waals surface area contributed by atoms with Gasteiger partial charge in [0.05, 0.1) is 29.5 Å². The Bertz CT molecular complexity index is 965. The number of hydrogen-bond donors (Lipinski definition) is 1. The molecule has 2 heterocycles. The number of aryl methyl sites for hydroxylation is 1. The van der Waals surface area contributed by atoms with Gasteiger partial charge in [0.25, 0.3) is 0 Å². The monoisotopic (exact) mass is 390 g/mol. The van der Waals surface area contributed by atoms with Crippen molar-refractivity contribution in [3.63, 3.8) is 0 Å². The molecule has 1 aliphatic rings. The van der Waals surface area contributed by atoms with E-state index in [4.69, 9.17) is 4.98 Å². The Morgan fingerprint density at radius 2 is 1.93 bits per heavy atom. The molecule has 2 atom stereocenters. The van der Waals surface area contributed by atoms with Crippen LogP contribution in [0.2, 0.25) is 0 Å². The molecule has 1 amide bonds. The van der Waals surface area contributed by atoms with Gasteiger partial charge < -0.3 is 9.88 Å². The first-order valence-corrected chi connectivity index (χ1v) is 10.7. The number of para-hydroxylation sites is 2. The molecular weight excluding hydrogens is 360 g/mol. The molecule has 0 radical (unpaired) electrons. The highest BCUT2D eigenvalue weighted by molar-refractivity contribution is 5.79. The lowest BCUT2D eigenvalue weighted by atomic mass is 9.96. The van der Waals surface area contributed by atoms with Gasteiger partial charge in [0.1, 0.15) is 5.82 Å². The molecular formula is C24H30N4O. The first kappa shape index (κ1) is 19.6. The molecule has 2 aromatic carbocycles. The van der Waals surface area contributed by atoms with Crippen molar-refractivity contribution in [2.24, 2.45) is 5.92 Å².